The van der Waals surface area contributed by atoms with E-state index in [4.69, 9.17) is 10.5 Å². The predicted octanol–water partition coefficient (Wildman–Crippen LogP) is 3.19. The summed E-state index contributed by atoms with van der Waals surface area (Å²) in [6.07, 6.45) is 1.70. The molecule has 2 aromatic rings. The quantitative estimate of drug-likeness (QED) is 0.653. The summed E-state index contributed by atoms with van der Waals surface area (Å²) in [6, 6.07) is 5.10. The molecule has 21 heavy (non-hydrogen) atoms. The summed E-state index contributed by atoms with van der Waals surface area (Å²) < 4.78 is 5.70. The van der Waals surface area contributed by atoms with Crippen molar-refractivity contribution in [2.75, 3.05) is 18.2 Å². The minimum Gasteiger partial charge on any atom is -0.467 e. The van der Waals surface area contributed by atoms with Crippen LogP contribution in [0.1, 0.15) is 13.8 Å². The van der Waals surface area contributed by atoms with E-state index in [2.05, 4.69) is 26.2 Å². The number of halogens is 1. The van der Waals surface area contributed by atoms with Crippen molar-refractivity contribution in [1.29, 1.82) is 0 Å². The Morgan fingerprint density at radius 1 is 1.43 bits per heavy atom. The minimum atomic E-state index is -0.438. The van der Waals surface area contributed by atoms with Crippen LogP contribution in [0.15, 0.2) is 28.9 Å². The van der Waals surface area contributed by atoms with Crippen molar-refractivity contribution in [2.45, 2.75) is 19.9 Å². The summed E-state index contributed by atoms with van der Waals surface area (Å²) in [6.45, 7) is 3.91. The molecule has 0 fully saturated rings. The molecule has 1 atom stereocenters. The van der Waals surface area contributed by atoms with Crippen LogP contribution in [-0.4, -0.2) is 24.1 Å². The van der Waals surface area contributed by atoms with Gasteiger partial charge in [-0.15, -0.1) is 0 Å². The molecule has 0 aliphatic rings. The lowest BCUT2D eigenvalue weighted by molar-refractivity contribution is -0.142. The third-order valence-electron chi connectivity index (χ3n) is 3.28. The molecule has 112 valence electrons. The van der Waals surface area contributed by atoms with Crippen molar-refractivity contribution in [2.24, 2.45) is 5.92 Å². The number of hydrogen-bond acceptors (Lipinski definition) is 5. The number of hydrogen-bond donors (Lipinski definition) is 2. The molecule has 0 radical (unpaired) electrons. The van der Waals surface area contributed by atoms with E-state index >= 15 is 0 Å². The van der Waals surface area contributed by atoms with E-state index in [0.717, 1.165) is 21.1 Å². The second-order valence-electron chi connectivity index (χ2n) is 5.14. The zero-order chi connectivity index (χ0) is 15.6. The van der Waals surface area contributed by atoms with Crippen LogP contribution in [0.25, 0.3) is 10.9 Å². The Hall–Kier alpha value is -1.82. The molecule has 0 saturated heterocycles. The van der Waals surface area contributed by atoms with Gasteiger partial charge < -0.3 is 15.8 Å². The molecule has 1 unspecified atom stereocenters. The van der Waals surface area contributed by atoms with E-state index in [1.54, 1.807) is 12.3 Å². The van der Waals surface area contributed by atoms with Gasteiger partial charge in [0.2, 0.25) is 0 Å². The average Bonchev–Trinajstić information content (AvgIpc) is 2.46. The smallest absolute Gasteiger partial charge is 0.328 e. The second-order valence-corrected chi connectivity index (χ2v) is 6.06. The topological polar surface area (TPSA) is 77.2 Å². The monoisotopic (exact) mass is 351 g/mol. The number of rotatable bonds is 4. The predicted molar refractivity (Wildman–Crippen MR) is 88.1 cm³/mol. The van der Waals surface area contributed by atoms with Crippen molar-refractivity contribution in [3.8, 4) is 0 Å². The van der Waals surface area contributed by atoms with Crippen LogP contribution in [0.5, 0.6) is 0 Å². The van der Waals surface area contributed by atoms with Crippen molar-refractivity contribution in [1.82, 2.24) is 4.98 Å². The third-order valence-corrected chi connectivity index (χ3v) is 3.72. The molecule has 1 aromatic heterocycles. The molecule has 6 heteroatoms. The van der Waals surface area contributed by atoms with Crippen LogP contribution in [-0.2, 0) is 9.53 Å². The van der Waals surface area contributed by atoms with Gasteiger partial charge in [-0.05, 0) is 40.0 Å². The van der Waals surface area contributed by atoms with Crippen molar-refractivity contribution >= 4 is 44.2 Å². The Morgan fingerprint density at radius 2 is 2.14 bits per heavy atom. The molecule has 1 heterocycles. The summed E-state index contributed by atoms with van der Waals surface area (Å²) >= 11 is 3.39. The maximum atomic E-state index is 11.9. The number of esters is 1. The number of benzene rings is 1. The zero-order valence-electron chi connectivity index (χ0n) is 12.2. The molecule has 1 aromatic carbocycles. The number of nitrogens with zero attached hydrogens (tertiary/aromatic N) is 1. The zero-order valence-corrected chi connectivity index (χ0v) is 13.8. The highest BCUT2D eigenvalue weighted by Gasteiger charge is 2.23. The maximum Gasteiger partial charge on any atom is 0.328 e. The molecule has 0 aliphatic carbocycles. The highest BCUT2D eigenvalue weighted by atomic mass is 79.9. The normalized spacial score (nSPS) is 12.4. The molecule has 0 amide bonds. The van der Waals surface area contributed by atoms with Crippen LogP contribution >= 0.6 is 15.9 Å². The van der Waals surface area contributed by atoms with E-state index in [9.17, 15) is 4.79 Å². The summed E-state index contributed by atoms with van der Waals surface area (Å²) in [5.74, 6) is -0.215. The van der Waals surface area contributed by atoms with E-state index in [1.807, 2.05) is 26.0 Å². The van der Waals surface area contributed by atoms with Gasteiger partial charge in [-0.2, -0.15) is 0 Å². The summed E-state index contributed by atoms with van der Waals surface area (Å²) in [5.41, 5.74) is 8.12. The number of pyridine rings is 1. The molecule has 0 spiro atoms. The highest BCUT2D eigenvalue weighted by Crippen LogP contribution is 2.29. The first-order valence-corrected chi connectivity index (χ1v) is 7.41. The van der Waals surface area contributed by atoms with Gasteiger partial charge in [0.1, 0.15) is 6.04 Å². The van der Waals surface area contributed by atoms with Gasteiger partial charge in [-0.1, -0.05) is 13.8 Å². The van der Waals surface area contributed by atoms with Gasteiger partial charge in [0.25, 0.3) is 0 Å². The van der Waals surface area contributed by atoms with E-state index in [0.29, 0.717) is 5.69 Å². The Balaban J connectivity index is 2.47. The SMILES string of the molecule is COC(=O)C(Nc1ccc(N)c2cc(Br)cnc12)C(C)C. The molecule has 3 N–H and O–H groups in total. The highest BCUT2D eigenvalue weighted by molar-refractivity contribution is 9.10. The van der Waals surface area contributed by atoms with E-state index in [1.165, 1.54) is 7.11 Å². The fourth-order valence-electron chi connectivity index (χ4n) is 2.12. The van der Waals surface area contributed by atoms with E-state index in [-0.39, 0.29) is 11.9 Å². The van der Waals surface area contributed by atoms with Crippen molar-refractivity contribution in [3.05, 3.63) is 28.9 Å². The molecular weight excluding hydrogens is 334 g/mol. The number of fused-ring (bicyclic) bond motifs is 1. The van der Waals surface area contributed by atoms with Crippen molar-refractivity contribution < 1.29 is 9.53 Å². The lowest BCUT2D eigenvalue weighted by atomic mass is 10.0. The molecule has 5 nitrogen and oxygen atoms in total. The number of nitrogens with two attached hydrogens (primary N) is 1. The van der Waals surface area contributed by atoms with Crippen LogP contribution in [0.2, 0.25) is 0 Å². The molecule has 0 saturated carbocycles. The van der Waals surface area contributed by atoms with Gasteiger partial charge >= 0.3 is 5.97 Å². The first-order valence-electron chi connectivity index (χ1n) is 6.62. The number of anilines is 2. The Bertz CT molecular complexity index is 673. The number of nitrogens with one attached hydrogen (secondary N) is 1. The summed E-state index contributed by atoms with van der Waals surface area (Å²) in [5, 5.41) is 4.05. The van der Waals surface area contributed by atoms with E-state index < -0.39 is 6.04 Å². The Labute approximate surface area is 132 Å². The van der Waals surface area contributed by atoms with Crippen LogP contribution in [0, 0.1) is 5.92 Å². The molecule has 0 aliphatic heterocycles. The second kappa shape index (κ2) is 6.30. The first kappa shape index (κ1) is 15.6. The average molecular weight is 352 g/mol. The maximum absolute atomic E-state index is 11.9. The molecule has 2 rings (SSSR count). The van der Waals surface area contributed by atoms with Gasteiger partial charge in [-0.3, -0.25) is 4.98 Å². The standard InChI is InChI=1S/C15H18BrN3O2/c1-8(2)13(15(20)21-3)19-12-5-4-11(17)10-6-9(16)7-18-14(10)12/h4-8,13,19H,17H2,1-3H3. The number of methoxy groups -OCH3 is 1. The van der Waals surface area contributed by atoms with Crippen LogP contribution in [0.3, 0.4) is 0 Å². The van der Waals surface area contributed by atoms with Crippen molar-refractivity contribution in [3.63, 3.8) is 0 Å². The van der Waals surface area contributed by atoms with Gasteiger partial charge in [0.15, 0.2) is 0 Å². The number of carbonyl (C=O) groups is 1. The lowest BCUT2D eigenvalue weighted by Gasteiger charge is -2.22. The fourth-order valence-corrected chi connectivity index (χ4v) is 2.46. The molecule has 0 bridgehead atoms. The largest absolute Gasteiger partial charge is 0.467 e. The number of ether oxygens (including phenoxy) is 1. The fraction of sp³-hybridized carbons (Fsp3) is 0.333. The first-order chi connectivity index (χ1) is 9.93. The number of carbonyl (C=O) groups excluding carboxylic acids is 1. The Morgan fingerprint density at radius 3 is 2.76 bits per heavy atom. The number of aromatic nitrogens is 1. The Kier molecular flexibility index (Phi) is 4.67. The van der Waals surface area contributed by atoms with Crippen LogP contribution in [0.4, 0.5) is 11.4 Å². The summed E-state index contributed by atoms with van der Waals surface area (Å²) in [7, 11) is 1.38. The minimum absolute atomic E-state index is 0.0838. The molecular formula is C15H18BrN3O2. The lowest BCUT2D eigenvalue weighted by Crippen LogP contribution is -2.35. The van der Waals surface area contributed by atoms with Gasteiger partial charge in [0, 0.05) is 21.7 Å². The third kappa shape index (κ3) is 3.26. The number of nitrogen functional groups attached to an aromatic ring is 1. The summed E-state index contributed by atoms with van der Waals surface area (Å²) in [4.78, 5) is 16.3. The van der Waals surface area contributed by atoms with Gasteiger partial charge in [-0.25, -0.2) is 4.79 Å². The van der Waals surface area contributed by atoms with Crippen LogP contribution < -0.4 is 11.1 Å². The van der Waals surface area contributed by atoms with Gasteiger partial charge in [0.05, 0.1) is 18.3 Å².